The molecule has 5 heteroatoms. The molecule has 0 atom stereocenters. The second-order valence-electron chi connectivity index (χ2n) is 7.13. The highest BCUT2D eigenvalue weighted by Gasteiger charge is 2.18. The Balaban J connectivity index is 1.41. The predicted molar refractivity (Wildman–Crippen MR) is 109 cm³/mol. The zero-order chi connectivity index (χ0) is 19.3. The van der Waals surface area contributed by atoms with Crippen molar-refractivity contribution in [1.82, 2.24) is 15.0 Å². The van der Waals surface area contributed by atoms with E-state index in [0.717, 1.165) is 60.4 Å². The molecule has 1 saturated heterocycles. The van der Waals surface area contributed by atoms with E-state index < -0.39 is 0 Å². The normalized spacial score (nSPS) is 15.1. The minimum Gasteiger partial charge on any atom is -0.361 e. The third-order valence-electron chi connectivity index (χ3n) is 5.03. The first-order valence-corrected chi connectivity index (χ1v) is 9.62. The minimum atomic E-state index is -0.105. The van der Waals surface area contributed by atoms with E-state index in [1.807, 2.05) is 48.2 Å². The summed E-state index contributed by atoms with van der Waals surface area (Å²) in [5.41, 5.74) is 1.83. The van der Waals surface area contributed by atoms with Crippen LogP contribution in [-0.4, -0.2) is 47.0 Å². The van der Waals surface area contributed by atoms with E-state index in [-0.39, 0.29) is 5.91 Å². The van der Waals surface area contributed by atoms with Gasteiger partial charge in [-0.25, -0.2) is 0 Å². The van der Waals surface area contributed by atoms with Gasteiger partial charge in [0.1, 0.15) is 5.76 Å². The molecule has 1 aromatic heterocycles. The minimum absolute atomic E-state index is 0.105. The first kappa shape index (κ1) is 18.3. The number of rotatable bonds is 2. The Labute approximate surface area is 164 Å². The van der Waals surface area contributed by atoms with E-state index >= 15 is 0 Å². The summed E-state index contributed by atoms with van der Waals surface area (Å²) >= 11 is 0. The van der Waals surface area contributed by atoms with Gasteiger partial charge in [0.05, 0.1) is 5.69 Å². The van der Waals surface area contributed by atoms with E-state index in [0.29, 0.717) is 6.54 Å². The molecule has 1 aliphatic heterocycles. The Hall–Kier alpha value is -3.10. The Bertz CT molecular complexity index is 1040. The molecule has 3 aromatic rings. The largest absolute Gasteiger partial charge is 0.361 e. The fourth-order valence-electron chi connectivity index (χ4n) is 3.59. The SMILES string of the molecule is Cc1cc(CN2CCCN(C(=O)C#Cc3cccc4ccccc34)CC2)no1. The molecule has 28 heavy (non-hydrogen) atoms. The number of hydrogen-bond donors (Lipinski definition) is 0. The van der Waals surface area contributed by atoms with Crippen molar-refractivity contribution in [2.24, 2.45) is 0 Å². The second-order valence-corrected chi connectivity index (χ2v) is 7.13. The Morgan fingerprint density at radius 2 is 1.96 bits per heavy atom. The summed E-state index contributed by atoms with van der Waals surface area (Å²) in [6.07, 6.45) is 0.929. The van der Waals surface area contributed by atoms with Crippen LogP contribution in [0.3, 0.4) is 0 Å². The van der Waals surface area contributed by atoms with E-state index in [9.17, 15) is 4.79 Å². The van der Waals surface area contributed by atoms with Gasteiger partial charge in [0.15, 0.2) is 0 Å². The van der Waals surface area contributed by atoms with Gasteiger partial charge in [-0.3, -0.25) is 9.69 Å². The molecular formula is C23H23N3O2. The van der Waals surface area contributed by atoms with Gasteiger partial charge in [0.25, 0.3) is 5.91 Å². The molecule has 0 saturated carbocycles. The van der Waals surface area contributed by atoms with Crippen molar-refractivity contribution in [3.05, 3.63) is 65.5 Å². The van der Waals surface area contributed by atoms with Crippen LogP contribution >= 0.6 is 0 Å². The highest BCUT2D eigenvalue weighted by Crippen LogP contribution is 2.17. The fraction of sp³-hybridized carbons (Fsp3) is 0.304. The molecule has 0 unspecified atom stereocenters. The Kier molecular flexibility index (Phi) is 5.41. The highest BCUT2D eigenvalue weighted by molar-refractivity contribution is 5.96. The number of benzene rings is 2. The van der Waals surface area contributed by atoms with Crippen LogP contribution < -0.4 is 0 Å². The lowest BCUT2D eigenvalue weighted by Crippen LogP contribution is -2.34. The van der Waals surface area contributed by atoms with Crippen LogP contribution in [0, 0.1) is 18.8 Å². The van der Waals surface area contributed by atoms with Gasteiger partial charge in [-0.15, -0.1) is 0 Å². The summed E-state index contributed by atoms with van der Waals surface area (Å²) in [6.45, 7) is 5.81. The predicted octanol–water partition coefficient (Wildman–Crippen LogP) is 3.22. The van der Waals surface area contributed by atoms with Crippen LogP contribution in [0.4, 0.5) is 0 Å². The summed E-state index contributed by atoms with van der Waals surface area (Å²) in [6, 6.07) is 16.1. The molecule has 2 heterocycles. The lowest BCUT2D eigenvalue weighted by molar-refractivity contribution is -0.125. The van der Waals surface area contributed by atoms with Crippen LogP contribution in [0.15, 0.2) is 53.1 Å². The van der Waals surface area contributed by atoms with Crippen molar-refractivity contribution >= 4 is 16.7 Å². The second kappa shape index (κ2) is 8.28. The molecule has 5 nitrogen and oxygen atoms in total. The van der Waals surface area contributed by atoms with Crippen molar-refractivity contribution < 1.29 is 9.32 Å². The summed E-state index contributed by atoms with van der Waals surface area (Å²) in [7, 11) is 0. The molecule has 2 aromatic carbocycles. The maximum absolute atomic E-state index is 12.6. The van der Waals surface area contributed by atoms with Crippen LogP contribution in [0.1, 0.15) is 23.4 Å². The van der Waals surface area contributed by atoms with Crippen molar-refractivity contribution in [2.45, 2.75) is 19.9 Å². The van der Waals surface area contributed by atoms with Gasteiger partial charge < -0.3 is 9.42 Å². The number of fused-ring (bicyclic) bond motifs is 1. The maximum atomic E-state index is 12.6. The number of amides is 1. The smallest absolute Gasteiger partial charge is 0.298 e. The molecule has 4 rings (SSSR count). The van der Waals surface area contributed by atoms with E-state index in [1.165, 1.54) is 0 Å². The molecular weight excluding hydrogens is 350 g/mol. The van der Waals surface area contributed by atoms with Crippen molar-refractivity contribution in [3.8, 4) is 11.8 Å². The molecule has 142 valence electrons. The molecule has 0 radical (unpaired) electrons. The van der Waals surface area contributed by atoms with Crippen molar-refractivity contribution in [3.63, 3.8) is 0 Å². The zero-order valence-corrected chi connectivity index (χ0v) is 16.0. The van der Waals surface area contributed by atoms with Gasteiger partial charge in [0.2, 0.25) is 0 Å². The average molecular weight is 373 g/mol. The summed E-state index contributed by atoms with van der Waals surface area (Å²) < 4.78 is 5.14. The van der Waals surface area contributed by atoms with E-state index in [1.54, 1.807) is 0 Å². The number of nitrogens with zero attached hydrogens (tertiary/aromatic N) is 3. The lowest BCUT2D eigenvalue weighted by Gasteiger charge is -2.19. The Morgan fingerprint density at radius 3 is 2.82 bits per heavy atom. The fourth-order valence-corrected chi connectivity index (χ4v) is 3.59. The van der Waals surface area contributed by atoms with Crippen LogP contribution in [-0.2, 0) is 11.3 Å². The first-order valence-electron chi connectivity index (χ1n) is 9.62. The molecule has 0 spiro atoms. The monoisotopic (exact) mass is 373 g/mol. The maximum Gasteiger partial charge on any atom is 0.298 e. The quantitative estimate of drug-likeness (QED) is 0.647. The molecule has 0 aliphatic carbocycles. The van der Waals surface area contributed by atoms with E-state index in [4.69, 9.17) is 4.52 Å². The number of carbonyl (C=O) groups excluding carboxylic acids is 1. The zero-order valence-electron chi connectivity index (χ0n) is 16.0. The van der Waals surface area contributed by atoms with Crippen LogP contribution in [0.25, 0.3) is 10.8 Å². The Morgan fingerprint density at radius 1 is 1.11 bits per heavy atom. The molecule has 0 N–H and O–H groups in total. The van der Waals surface area contributed by atoms with Crippen LogP contribution in [0.2, 0.25) is 0 Å². The van der Waals surface area contributed by atoms with Crippen LogP contribution in [0.5, 0.6) is 0 Å². The standard InChI is InChI=1S/C23H23N3O2/c1-18-16-21(24-28-18)17-25-12-5-13-26(15-14-25)23(27)11-10-20-8-4-7-19-6-2-3-9-22(19)20/h2-4,6-9,16H,5,12-15,17H2,1H3. The first-order chi connectivity index (χ1) is 13.7. The third-order valence-corrected chi connectivity index (χ3v) is 5.03. The van der Waals surface area contributed by atoms with Gasteiger partial charge >= 0.3 is 0 Å². The number of carbonyl (C=O) groups is 1. The molecule has 1 amide bonds. The molecule has 1 fully saturated rings. The lowest BCUT2D eigenvalue weighted by atomic mass is 10.1. The highest BCUT2D eigenvalue weighted by atomic mass is 16.5. The van der Waals surface area contributed by atoms with Gasteiger partial charge in [-0.2, -0.15) is 0 Å². The van der Waals surface area contributed by atoms with Crippen molar-refractivity contribution in [1.29, 1.82) is 0 Å². The summed E-state index contributed by atoms with van der Waals surface area (Å²) in [4.78, 5) is 16.8. The van der Waals surface area contributed by atoms with Gasteiger partial charge in [-0.05, 0) is 30.2 Å². The van der Waals surface area contributed by atoms with E-state index in [2.05, 4.69) is 34.0 Å². The topological polar surface area (TPSA) is 49.6 Å². The molecule has 0 bridgehead atoms. The van der Waals surface area contributed by atoms with Gasteiger partial charge in [-0.1, -0.05) is 47.5 Å². The van der Waals surface area contributed by atoms with Gasteiger partial charge in [0, 0.05) is 50.3 Å². The number of aromatic nitrogens is 1. The number of aryl methyl sites for hydroxylation is 1. The average Bonchev–Trinajstić information content (AvgIpc) is 2.98. The molecule has 1 aliphatic rings. The number of hydrogen-bond acceptors (Lipinski definition) is 4. The third kappa shape index (κ3) is 4.24. The summed E-state index contributed by atoms with van der Waals surface area (Å²) in [5.74, 6) is 6.65. The summed E-state index contributed by atoms with van der Waals surface area (Å²) in [5, 5.41) is 6.28. The van der Waals surface area contributed by atoms with Crippen molar-refractivity contribution in [2.75, 3.05) is 26.2 Å².